The molecule has 132 valence electrons. The molecule has 2 aliphatic rings. The highest BCUT2D eigenvalue weighted by Gasteiger charge is 2.37. The van der Waals surface area contributed by atoms with E-state index in [9.17, 15) is 0 Å². The molecule has 2 saturated heterocycles. The van der Waals surface area contributed by atoms with E-state index < -0.39 is 0 Å². The van der Waals surface area contributed by atoms with Gasteiger partial charge in [-0.05, 0) is 12.8 Å². The Labute approximate surface area is 136 Å². The van der Waals surface area contributed by atoms with Gasteiger partial charge in [-0.1, -0.05) is 52.4 Å². The third kappa shape index (κ3) is 6.15. The average Bonchev–Trinajstić information content (AvgIpc) is 2.46. The van der Waals surface area contributed by atoms with E-state index in [4.69, 9.17) is 19.7 Å². The molecule has 4 nitrogen and oxygen atoms in total. The van der Waals surface area contributed by atoms with Crippen molar-refractivity contribution in [1.82, 2.24) is 0 Å². The van der Waals surface area contributed by atoms with Gasteiger partial charge < -0.3 is 19.7 Å². The van der Waals surface area contributed by atoms with E-state index in [1.165, 1.54) is 38.5 Å². The summed E-state index contributed by atoms with van der Waals surface area (Å²) in [5.41, 5.74) is 0.295. The van der Waals surface area contributed by atoms with E-state index in [0.717, 1.165) is 39.3 Å². The maximum atomic E-state index is 9.11. The van der Waals surface area contributed by atoms with Crippen LogP contribution in [0.1, 0.15) is 65.2 Å². The number of hydrogen-bond donors (Lipinski definition) is 2. The molecule has 0 amide bonds. The van der Waals surface area contributed by atoms with Gasteiger partial charge in [-0.3, -0.25) is 0 Å². The molecule has 0 unspecified atom stereocenters. The van der Waals surface area contributed by atoms with Crippen molar-refractivity contribution >= 4 is 0 Å². The van der Waals surface area contributed by atoms with E-state index in [1.54, 1.807) is 0 Å². The Morgan fingerprint density at radius 2 is 1.14 bits per heavy atom. The molecule has 2 heterocycles. The molecule has 22 heavy (non-hydrogen) atoms. The molecular formula is C18H36O4. The first kappa shape index (κ1) is 19.9. The van der Waals surface area contributed by atoms with Crippen molar-refractivity contribution in [2.75, 3.05) is 39.6 Å². The summed E-state index contributed by atoms with van der Waals surface area (Å²) < 4.78 is 10.2. The van der Waals surface area contributed by atoms with Crippen LogP contribution in [0.25, 0.3) is 0 Å². The largest absolute Gasteiger partial charge is 0.396 e. The van der Waals surface area contributed by atoms with Crippen LogP contribution < -0.4 is 0 Å². The van der Waals surface area contributed by atoms with E-state index in [0.29, 0.717) is 13.2 Å². The predicted molar refractivity (Wildman–Crippen MR) is 89.0 cm³/mol. The summed E-state index contributed by atoms with van der Waals surface area (Å²) in [7, 11) is 0. The van der Waals surface area contributed by atoms with Crippen LogP contribution in [0, 0.1) is 10.8 Å². The second kappa shape index (κ2) is 10.6. The normalized spacial score (nSPS) is 21.3. The number of aliphatic hydroxyl groups is 2. The van der Waals surface area contributed by atoms with Gasteiger partial charge in [0.15, 0.2) is 0 Å². The Bertz CT molecular complexity index is 261. The van der Waals surface area contributed by atoms with Crippen molar-refractivity contribution in [3.8, 4) is 0 Å². The summed E-state index contributed by atoms with van der Waals surface area (Å²) in [6, 6.07) is 0. The van der Waals surface area contributed by atoms with E-state index >= 15 is 0 Å². The summed E-state index contributed by atoms with van der Waals surface area (Å²) in [6.45, 7) is 8.07. The molecule has 0 spiro atoms. The number of unbranched alkanes of at least 4 members (excludes halogenated alkanes) is 4. The highest BCUT2D eigenvalue weighted by Crippen LogP contribution is 2.33. The van der Waals surface area contributed by atoms with Gasteiger partial charge in [0, 0.05) is 10.8 Å². The van der Waals surface area contributed by atoms with Crippen LogP contribution in [-0.4, -0.2) is 49.9 Å². The maximum absolute atomic E-state index is 9.11. The third-order valence-electron chi connectivity index (χ3n) is 4.93. The summed E-state index contributed by atoms with van der Waals surface area (Å²) in [5.74, 6) is 0. The fourth-order valence-corrected chi connectivity index (χ4v) is 2.89. The monoisotopic (exact) mass is 316 g/mol. The molecule has 2 aliphatic heterocycles. The van der Waals surface area contributed by atoms with Crippen LogP contribution in [0.15, 0.2) is 0 Å². The van der Waals surface area contributed by atoms with Gasteiger partial charge in [0.1, 0.15) is 0 Å². The molecular weight excluding hydrogens is 280 g/mol. The minimum Gasteiger partial charge on any atom is -0.396 e. The van der Waals surface area contributed by atoms with Gasteiger partial charge in [-0.15, -0.1) is 0 Å². The molecule has 4 heteroatoms. The Morgan fingerprint density at radius 1 is 0.682 bits per heavy atom. The van der Waals surface area contributed by atoms with Gasteiger partial charge in [-0.25, -0.2) is 0 Å². The molecule has 0 radical (unpaired) electrons. The van der Waals surface area contributed by atoms with Gasteiger partial charge >= 0.3 is 0 Å². The highest BCUT2D eigenvalue weighted by atomic mass is 16.5. The highest BCUT2D eigenvalue weighted by molar-refractivity contribution is 4.85. The molecule has 0 aromatic heterocycles. The zero-order valence-electron chi connectivity index (χ0n) is 14.6. The topological polar surface area (TPSA) is 58.9 Å². The lowest BCUT2D eigenvalue weighted by Crippen LogP contribution is -2.45. The van der Waals surface area contributed by atoms with Gasteiger partial charge in [0.05, 0.1) is 39.6 Å². The first-order chi connectivity index (χ1) is 10.7. The van der Waals surface area contributed by atoms with E-state index in [1.807, 2.05) is 0 Å². The Hall–Kier alpha value is -0.160. The van der Waals surface area contributed by atoms with Crippen molar-refractivity contribution in [2.45, 2.75) is 65.2 Å². The van der Waals surface area contributed by atoms with Crippen LogP contribution in [0.3, 0.4) is 0 Å². The first-order valence-electron chi connectivity index (χ1n) is 9.03. The molecule has 2 fully saturated rings. The zero-order valence-corrected chi connectivity index (χ0v) is 14.6. The summed E-state index contributed by atoms with van der Waals surface area (Å²) in [4.78, 5) is 0. The molecule has 0 aromatic carbocycles. The molecule has 0 aromatic rings. The van der Waals surface area contributed by atoms with Gasteiger partial charge in [0.2, 0.25) is 0 Å². The van der Waals surface area contributed by atoms with Crippen LogP contribution >= 0.6 is 0 Å². The summed E-state index contributed by atoms with van der Waals surface area (Å²) in [5, 5.41) is 18.1. The predicted octanol–water partition coefficient (Wildman–Crippen LogP) is 3.15. The average molecular weight is 316 g/mol. The lowest BCUT2D eigenvalue weighted by Gasteiger charge is -2.40. The van der Waals surface area contributed by atoms with Gasteiger partial charge in [0.25, 0.3) is 0 Å². The number of aliphatic hydroxyl groups excluding tert-OH is 2. The molecule has 0 saturated carbocycles. The quantitative estimate of drug-likeness (QED) is 0.608. The lowest BCUT2D eigenvalue weighted by atomic mass is 9.81. The van der Waals surface area contributed by atoms with Crippen LogP contribution in [0.4, 0.5) is 0 Å². The minimum absolute atomic E-state index is 0.147. The fourth-order valence-electron chi connectivity index (χ4n) is 2.89. The summed E-state index contributed by atoms with van der Waals surface area (Å²) in [6.07, 6.45) is 9.84. The fraction of sp³-hybridized carbons (Fsp3) is 1.00. The van der Waals surface area contributed by atoms with Crippen LogP contribution in [-0.2, 0) is 9.47 Å². The molecule has 2 N–H and O–H groups in total. The van der Waals surface area contributed by atoms with Crippen molar-refractivity contribution in [2.24, 2.45) is 10.8 Å². The third-order valence-corrected chi connectivity index (χ3v) is 4.93. The molecule has 2 rings (SSSR count). The Kier molecular flexibility index (Phi) is 9.57. The minimum atomic E-state index is 0.147. The zero-order chi connectivity index (χ0) is 16.3. The van der Waals surface area contributed by atoms with E-state index in [-0.39, 0.29) is 10.8 Å². The molecule has 0 aliphatic carbocycles. The Morgan fingerprint density at radius 3 is 1.45 bits per heavy atom. The van der Waals surface area contributed by atoms with Crippen molar-refractivity contribution in [3.63, 3.8) is 0 Å². The van der Waals surface area contributed by atoms with Crippen molar-refractivity contribution in [3.05, 3.63) is 0 Å². The molecule has 0 atom stereocenters. The first-order valence-corrected chi connectivity index (χ1v) is 9.03. The number of ether oxygens (including phenoxy) is 2. The second-order valence-corrected chi connectivity index (χ2v) is 7.22. The standard InChI is InChI=1S/C10H20O2.C8H16O2/c1-2-3-4-5-6-10(7-11)8-12-9-10;1-2-3-4-8(5-9)6-10-7-8/h11H,2-9H2,1H3;9H,2-7H2,1H3. The van der Waals surface area contributed by atoms with Crippen molar-refractivity contribution in [1.29, 1.82) is 0 Å². The maximum Gasteiger partial charge on any atom is 0.0566 e. The number of hydrogen-bond acceptors (Lipinski definition) is 4. The second-order valence-electron chi connectivity index (χ2n) is 7.22. The van der Waals surface area contributed by atoms with Crippen LogP contribution in [0.2, 0.25) is 0 Å². The Balaban J connectivity index is 0.000000224. The molecule has 0 bridgehead atoms. The lowest BCUT2D eigenvalue weighted by molar-refractivity contribution is -0.141. The SMILES string of the molecule is CCCCC1(CO)COC1.CCCCCCC1(CO)COC1. The van der Waals surface area contributed by atoms with Crippen LogP contribution in [0.5, 0.6) is 0 Å². The van der Waals surface area contributed by atoms with E-state index in [2.05, 4.69) is 13.8 Å². The smallest absolute Gasteiger partial charge is 0.0566 e. The van der Waals surface area contributed by atoms with Crippen molar-refractivity contribution < 1.29 is 19.7 Å². The number of rotatable bonds is 10. The van der Waals surface area contributed by atoms with Gasteiger partial charge in [-0.2, -0.15) is 0 Å². The summed E-state index contributed by atoms with van der Waals surface area (Å²) >= 11 is 0.